The van der Waals surface area contributed by atoms with Crippen molar-refractivity contribution in [2.24, 2.45) is 10.7 Å². The molecule has 0 saturated carbocycles. The molecule has 1 aromatic rings. The van der Waals surface area contributed by atoms with E-state index >= 15 is 0 Å². The molecule has 1 rings (SSSR count). The molecule has 0 bridgehead atoms. The zero-order valence-electron chi connectivity index (χ0n) is 7.47. The highest BCUT2D eigenvalue weighted by Crippen LogP contribution is 2.27. The summed E-state index contributed by atoms with van der Waals surface area (Å²) in [5.74, 6) is -0.0358. The number of halogens is 3. The van der Waals surface area contributed by atoms with Gasteiger partial charge in [0.2, 0.25) is 3.79 Å². The van der Waals surface area contributed by atoms with Crippen LogP contribution in [0.15, 0.2) is 29.3 Å². The lowest BCUT2D eigenvalue weighted by Crippen LogP contribution is -2.27. The molecule has 0 unspecified atom stereocenters. The number of benzene rings is 1. The van der Waals surface area contributed by atoms with Crippen LogP contribution in [-0.2, 0) is 0 Å². The highest BCUT2D eigenvalue weighted by atomic mass is 35.6. The first-order valence-corrected chi connectivity index (χ1v) is 5.01. The number of hydrogen-bond donors (Lipinski definition) is 1. The van der Waals surface area contributed by atoms with Crippen molar-refractivity contribution in [3.63, 3.8) is 0 Å². The highest BCUT2D eigenvalue weighted by Gasteiger charge is 2.25. The minimum Gasteiger partial charge on any atom is -0.384 e. The smallest absolute Gasteiger partial charge is 0.247 e. The molecule has 0 fully saturated rings. The van der Waals surface area contributed by atoms with E-state index in [1.54, 1.807) is 12.1 Å². The van der Waals surface area contributed by atoms with Crippen LogP contribution in [0.2, 0.25) is 0 Å². The molecular formula is C9H9Cl3N2. The van der Waals surface area contributed by atoms with Crippen LogP contribution in [0.3, 0.4) is 0 Å². The zero-order chi connectivity index (χ0) is 10.8. The molecule has 0 aliphatic carbocycles. The van der Waals surface area contributed by atoms with Gasteiger partial charge in [-0.15, -0.1) is 0 Å². The Morgan fingerprint density at radius 2 is 1.71 bits per heavy atom. The van der Waals surface area contributed by atoms with Crippen LogP contribution >= 0.6 is 34.8 Å². The molecule has 0 radical (unpaired) electrons. The summed E-state index contributed by atoms with van der Waals surface area (Å²) in [6.07, 6.45) is 0. The minimum atomic E-state index is -1.65. The van der Waals surface area contributed by atoms with Crippen molar-refractivity contribution in [2.75, 3.05) is 0 Å². The molecule has 5 heteroatoms. The van der Waals surface area contributed by atoms with E-state index in [9.17, 15) is 0 Å². The second-order valence-electron chi connectivity index (χ2n) is 2.83. The molecule has 1 aromatic carbocycles. The molecule has 0 aromatic heterocycles. The fourth-order valence-corrected chi connectivity index (χ4v) is 0.949. The quantitative estimate of drug-likeness (QED) is 0.464. The number of aryl methyl sites for hydroxylation is 1. The molecule has 0 saturated heterocycles. The Labute approximate surface area is 97.7 Å². The number of alkyl halides is 3. The van der Waals surface area contributed by atoms with Gasteiger partial charge in [-0.05, 0) is 19.1 Å². The van der Waals surface area contributed by atoms with E-state index in [0.29, 0.717) is 5.69 Å². The van der Waals surface area contributed by atoms with Gasteiger partial charge in [0.05, 0.1) is 5.69 Å². The average Bonchev–Trinajstić information content (AvgIpc) is 2.07. The third-order valence-corrected chi connectivity index (χ3v) is 2.15. The number of hydrogen-bond acceptors (Lipinski definition) is 1. The lowest BCUT2D eigenvalue weighted by molar-refractivity contribution is 1.36. The summed E-state index contributed by atoms with van der Waals surface area (Å²) in [5.41, 5.74) is 7.28. The van der Waals surface area contributed by atoms with E-state index in [-0.39, 0.29) is 5.84 Å². The van der Waals surface area contributed by atoms with E-state index in [2.05, 4.69) is 4.99 Å². The molecule has 0 atom stereocenters. The second kappa shape index (κ2) is 4.39. The van der Waals surface area contributed by atoms with Gasteiger partial charge in [0.15, 0.2) is 5.84 Å². The molecule has 0 spiro atoms. The Balaban J connectivity index is 2.93. The fourth-order valence-electron chi connectivity index (χ4n) is 0.822. The summed E-state index contributed by atoms with van der Waals surface area (Å²) in [6, 6.07) is 7.42. The van der Waals surface area contributed by atoms with Crippen LogP contribution < -0.4 is 5.73 Å². The van der Waals surface area contributed by atoms with Crippen molar-refractivity contribution in [3.05, 3.63) is 29.8 Å². The van der Waals surface area contributed by atoms with Crippen LogP contribution in [0.25, 0.3) is 0 Å². The number of rotatable bonds is 1. The molecular weight excluding hydrogens is 242 g/mol. The Morgan fingerprint density at radius 1 is 1.21 bits per heavy atom. The molecule has 0 heterocycles. The lowest BCUT2D eigenvalue weighted by atomic mass is 10.2. The third-order valence-electron chi connectivity index (χ3n) is 1.57. The van der Waals surface area contributed by atoms with Gasteiger partial charge in [-0.25, -0.2) is 4.99 Å². The van der Waals surface area contributed by atoms with Crippen molar-refractivity contribution >= 4 is 46.3 Å². The Morgan fingerprint density at radius 3 is 2.14 bits per heavy atom. The third kappa shape index (κ3) is 3.37. The van der Waals surface area contributed by atoms with E-state index in [4.69, 9.17) is 40.5 Å². The van der Waals surface area contributed by atoms with Crippen LogP contribution in [0.1, 0.15) is 5.56 Å². The van der Waals surface area contributed by atoms with Gasteiger partial charge in [-0.1, -0.05) is 52.5 Å². The van der Waals surface area contributed by atoms with Crippen molar-refractivity contribution in [1.82, 2.24) is 0 Å². The first-order valence-electron chi connectivity index (χ1n) is 3.87. The van der Waals surface area contributed by atoms with Gasteiger partial charge < -0.3 is 5.73 Å². The van der Waals surface area contributed by atoms with Gasteiger partial charge in [0, 0.05) is 0 Å². The molecule has 0 aliphatic rings. The number of aliphatic imine (C=N–C) groups is 1. The molecule has 2 N–H and O–H groups in total. The topological polar surface area (TPSA) is 38.4 Å². The number of nitrogens with two attached hydrogens (primary N) is 1. The van der Waals surface area contributed by atoms with E-state index in [1.165, 1.54) is 0 Å². The monoisotopic (exact) mass is 250 g/mol. The van der Waals surface area contributed by atoms with Gasteiger partial charge >= 0.3 is 0 Å². The Bertz CT molecular complexity index is 338. The maximum absolute atomic E-state index is 5.54. The standard InChI is InChI=1S/C9H9Cl3N2/c1-6-2-4-7(5-3-6)14-8(13)9(10,11)12/h2-5H,1H3,(H2,13,14). The van der Waals surface area contributed by atoms with E-state index in [0.717, 1.165) is 5.56 Å². The van der Waals surface area contributed by atoms with Gasteiger partial charge in [-0.3, -0.25) is 0 Å². The van der Waals surface area contributed by atoms with Crippen molar-refractivity contribution in [2.45, 2.75) is 10.7 Å². The molecule has 76 valence electrons. The second-order valence-corrected chi connectivity index (χ2v) is 5.11. The summed E-state index contributed by atoms with van der Waals surface area (Å²) in [7, 11) is 0. The summed E-state index contributed by atoms with van der Waals surface area (Å²) in [5, 5.41) is 0. The number of amidine groups is 1. The van der Waals surface area contributed by atoms with Gasteiger partial charge in [0.1, 0.15) is 0 Å². The minimum absolute atomic E-state index is 0.0358. The fraction of sp³-hybridized carbons (Fsp3) is 0.222. The maximum Gasteiger partial charge on any atom is 0.247 e. The first-order chi connectivity index (χ1) is 6.39. The Hall–Kier alpha value is -0.440. The first kappa shape index (κ1) is 11.6. The summed E-state index contributed by atoms with van der Waals surface area (Å²) >= 11 is 16.6. The van der Waals surface area contributed by atoms with Crippen LogP contribution in [0.5, 0.6) is 0 Å². The predicted octanol–water partition coefficient (Wildman–Crippen LogP) is 3.35. The predicted molar refractivity (Wildman–Crippen MR) is 62.8 cm³/mol. The lowest BCUT2D eigenvalue weighted by Gasteiger charge is -2.09. The molecule has 0 aliphatic heterocycles. The largest absolute Gasteiger partial charge is 0.384 e. The highest BCUT2D eigenvalue weighted by molar-refractivity contribution is 6.76. The number of nitrogens with zero attached hydrogens (tertiary/aromatic N) is 1. The van der Waals surface area contributed by atoms with Crippen LogP contribution in [0.4, 0.5) is 5.69 Å². The SMILES string of the molecule is Cc1ccc(N=C(N)C(Cl)(Cl)Cl)cc1. The summed E-state index contributed by atoms with van der Waals surface area (Å²) in [4.78, 5) is 3.97. The summed E-state index contributed by atoms with van der Waals surface area (Å²) in [6.45, 7) is 1.98. The van der Waals surface area contributed by atoms with Crippen LogP contribution in [0, 0.1) is 6.92 Å². The van der Waals surface area contributed by atoms with Crippen molar-refractivity contribution in [3.8, 4) is 0 Å². The average molecular weight is 252 g/mol. The zero-order valence-corrected chi connectivity index (χ0v) is 9.74. The van der Waals surface area contributed by atoms with Crippen LogP contribution in [-0.4, -0.2) is 9.63 Å². The van der Waals surface area contributed by atoms with Gasteiger partial charge in [0.25, 0.3) is 0 Å². The van der Waals surface area contributed by atoms with Crippen molar-refractivity contribution in [1.29, 1.82) is 0 Å². The van der Waals surface area contributed by atoms with E-state index < -0.39 is 3.79 Å². The molecule has 2 nitrogen and oxygen atoms in total. The summed E-state index contributed by atoms with van der Waals surface area (Å²) < 4.78 is -1.65. The maximum atomic E-state index is 5.54. The molecule has 14 heavy (non-hydrogen) atoms. The van der Waals surface area contributed by atoms with Crippen molar-refractivity contribution < 1.29 is 0 Å². The molecule has 0 amide bonds. The Kier molecular flexibility index (Phi) is 3.65. The normalized spacial score (nSPS) is 13.0. The van der Waals surface area contributed by atoms with E-state index in [1.807, 2.05) is 19.1 Å². The van der Waals surface area contributed by atoms with Gasteiger partial charge in [-0.2, -0.15) is 0 Å².